The van der Waals surface area contributed by atoms with Gasteiger partial charge in [0.25, 0.3) is 5.91 Å². The van der Waals surface area contributed by atoms with Gasteiger partial charge in [-0.1, -0.05) is 22.4 Å². The summed E-state index contributed by atoms with van der Waals surface area (Å²) in [5, 5.41) is 12.0. The summed E-state index contributed by atoms with van der Waals surface area (Å²) in [6.45, 7) is 1.86. The maximum Gasteiger partial charge on any atom is 0.308 e. The van der Waals surface area contributed by atoms with E-state index >= 15 is 0 Å². The van der Waals surface area contributed by atoms with E-state index in [9.17, 15) is 9.59 Å². The first-order valence-electron chi connectivity index (χ1n) is 6.29. The third-order valence-corrected chi connectivity index (χ3v) is 4.08. The predicted molar refractivity (Wildman–Crippen MR) is 75.1 cm³/mol. The SMILES string of the molecule is Cc1cc(Br)ccc1C(=O)NC1CCCC1C(=O)O. The number of carbonyl (C=O) groups is 2. The van der Waals surface area contributed by atoms with Crippen molar-refractivity contribution in [1.29, 1.82) is 0 Å². The molecule has 19 heavy (non-hydrogen) atoms. The van der Waals surface area contributed by atoms with Crippen LogP contribution in [0.4, 0.5) is 0 Å². The van der Waals surface area contributed by atoms with E-state index in [2.05, 4.69) is 21.2 Å². The first-order chi connectivity index (χ1) is 8.99. The Balaban J connectivity index is 2.10. The molecule has 1 amide bonds. The standard InChI is InChI=1S/C14H16BrNO3/c1-8-7-9(15)5-6-10(8)13(17)16-12-4-2-3-11(12)14(18)19/h5-7,11-12H,2-4H2,1H3,(H,16,17)(H,18,19). The van der Waals surface area contributed by atoms with Crippen LogP contribution in [-0.2, 0) is 4.79 Å². The molecule has 0 heterocycles. The van der Waals surface area contributed by atoms with Gasteiger partial charge in [-0.05, 0) is 43.5 Å². The lowest BCUT2D eigenvalue weighted by Crippen LogP contribution is -2.40. The summed E-state index contributed by atoms with van der Waals surface area (Å²) < 4.78 is 0.922. The summed E-state index contributed by atoms with van der Waals surface area (Å²) in [5.41, 5.74) is 1.47. The molecule has 4 nitrogen and oxygen atoms in total. The average molecular weight is 326 g/mol. The molecule has 1 aromatic rings. The highest BCUT2D eigenvalue weighted by Crippen LogP contribution is 2.26. The number of hydrogen-bond donors (Lipinski definition) is 2. The van der Waals surface area contributed by atoms with E-state index in [0.717, 1.165) is 22.9 Å². The second kappa shape index (κ2) is 5.74. The molecule has 0 aliphatic heterocycles. The third-order valence-electron chi connectivity index (χ3n) is 3.58. The normalized spacial score (nSPS) is 22.2. The van der Waals surface area contributed by atoms with Crippen LogP contribution in [0.15, 0.2) is 22.7 Å². The van der Waals surface area contributed by atoms with E-state index in [1.165, 1.54) is 0 Å². The first-order valence-corrected chi connectivity index (χ1v) is 7.08. The van der Waals surface area contributed by atoms with E-state index in [0.29, 0.717) is 12.0 Å². The number of hydrogen-bond acceptors (Lipinski definition) is 2. The van der Waals surface area contributed by atoms with Gasteiger partial charge in [-0.25, -0.2) is 0 Å². The highest BCUT2D eigenvalue weighted by molar-refractivity contribution is 9.10. The molecule has 0 spiro atoms. The lowest BCUT2D eigenvalue weighted by atomic mass is 10.0. The number of carboxylic acid groups (broad SMARTS) is 1. The van der Waals surface area contributed by atoms with Crippen molar-refractivity contribution in [3.05, 3.63) is 33.8 Å². The number of amides is 1. The number of aliphatic carboxylic acids is 1. The third kappa shape index (κ3) is 3.15. The van der Waals surface area contributed by atoms with E-state index in [-0.39, 0.29) is 11.9 Å². The zero-order valence-corrected chi connectivity index (χ0v) is 12.2. The number of halogens is 1. The molecule has 2 atom stereocenters. The van der Waals surface area contributed by atoms with Crippen molar-refractivity contribution in [3.63, 3.8) is 0 Å². The molecule has 2 unspecified atom stereocenters. The zero-order chi connectivity index (χ0) is 14.0. The second-order valence-corrected chi connectivity index (χ2v) is 5.83. The van der Waals surface area contributed by atoms with Gasteiger partial charge in [0.15, 0.2) is 0 Å². The van der Waals surface area contributed by atoms with Crippen LogP contribution in [0, 0.1) is 12.8 Å². The van der Waals surface area contributed by atoms with Crippen LogP contribution in [0.25, 0.3) is 0 Å². The average Bonchev–Trinajstić information content (AvgIpc) is 2.76. The molecular formula is C14H16BrNO3. The number of nitrogens with one attached hydrogen (secondary N) is 1. The maximum atomic E-state index is 12.2. The fourth-order valence-electron chi connectivity index (χ4n) is 2.56. The van der Waals surface area contributed by atoms with Crippen molar-refractivity contribution in [3.8, 4) is 0 Å². The number of carbonyl (C=O) groups excluding carboxylic acids is 1. The van der Waals surface area contributed by atoms with Crippen LogP contribution in [0.2, 0.25) is 0 Å². The lowest BCUT2D eigenvalue weighted by Gasteiger charge is -2.18. The Morgan fingerprint density at radius 3 is 2.74 bits per heavy atom. The van der Waals surface area contributed by atoms with Crippen molar-refractivity contribution < 1.29 is 14.7 Å². The fourth-order valence-corrected chi connectivity index (χ4v) is 3.03. The van der Waals surface area contributed by atoms with E-state index < -0.39 is 11.9 Å². The van der Waals surface area contributed by atoms with Crippen LogP contribution in [0.1, 0.15) is 35.2 Å². The quantitative estimate of drug-likeness (QED) is 0.897. The Morgan fingerprint density at radius 2 is 2.11 bits per heavy atom. The molecule has 0 bridgehead atoms. The summed E-state index contributed by atoms with van der Waals surface area (Å²) in [6.07, 6.45) is 2.22. The Kier molecular flexibility index (Phi) is 4.24. The van der Waals surface area contributed by atoms with Crippen molar-refractivity contribution in [2.45, 2.75) is 32.2 Å². The molecule has 2 N–H and O–H groups in total. The second-order valence-electron chi connectivity index (χ2n) is 4.91. The molecule has 2 rings (SSSR count). The fraction of sp³-hybridized carbons (Fsp3) is 0.429. The van der Waals surface area contributed by atoms with Crippen LogP contribution >= 0.6 is 15.9 Å². The summed E-state index contributed by atoms with van der Waals surface area (Å²) >= 11 is 3.35. The van der Waals surface area contributed by atoms with Crippen molar-refractivity contribution in [2.75, 3.05) is 0 Å². The summed E-state index contributed by atoms with van der Waals surface area (Å²) in [7, 11) is 0. The minimum Gasteiger partial charge on any atom is -0.481 e. The van der Waals surface area contributed by atoms with Crippen LogP contribution < -0.4 is 5.32 Å². The van der Waals surface area contributed by atoms with Gasteiger partial charge < -0.3 is 10.4 Å². The number of benzene rings is 1. The van der Waals surface area contributed by atoms with E-state index in [1.807, 2.05) is 19.1 Å². The van der Waals surface area contributed by atoms with Crippen LogP contribution in [0.3, 0.4) is 0 Å². The molecule has 1 saturated carbocycles. The van der Waals surface area contributed by atoms with E-state index in [1.54, 1.807) is 6.07 Å². The van der Waals surface area contributed by atoms with E-state index in [4.69, 9.17) is 5.11 Å². The first kappa shape index (κ1) is 14.1. The van der Waals surface area contributed by atoms with Gasteiger partial charge in [-0.2, -0.15) is 0 Å². The molecule has 1 aliphatic carbocycles. The lowest BCUT2D eigenvalue weighted by molar-refractivity contribution is -0.142. The van der Waals surface area contributed by atoms with Crippen molar-refractivity contribution >= 4 is 27.8 Å². The Labute approximate surface area is 120 Å². The smallest absolute Gasteiger partial charge is 0.308 e. The van der Waals surface area contributed by atoms with Crippen molar-refractivity contribution in [2.24, 2.45) is 5.92 Å². The van der Waals surface area contributed by atoms with Gasteiger partial charge in [0.1, 0.15) is 0 Å². The Hall–Kier alpha value is -1.36. The Bertz CT molecular complexity index is 515. The number of aryl methyl sites for hydroxylation is 1. The number of carboxylic acids is 1. The van der Waals surface area contributed by atoms with Gasteiger partial charge in [0.2, 0.25) is 0 Å². The predicted octanol–water partition coefficient (Wildman–Crippen LogP) is 2.74. The summed E-state index contributed by atoms with van der Waals surface area (Å²) in [6, 6.07) is 5.18. The zero-order valence-electron chi connectivity index (χ0n) is 10.6. The molecule has 1 fully saturated rings. The summed E-state index contributed by atoms with van der Waals surface area (Å²) in [5.74, 6) is -1.47. The van der Waals surface area contributed by atoms with Crippen molar-refractivity contribution in [1.82, 2.24) is 5.32 Å². The van der Waals surface area contributed by atoms with Gasteiger partial charge >= 0.3 is 5.97 Å². The summed E-state index contributed by atoms with van der Waals surface area (Å²) in [4.78, 5) is 23.3. The molecule has 1 aromatic carbocycles. The molecule has 1 aliphatic rings. The van der Waals surface area contributed by atoms with Gasteiger partial charge in [0, 0.05) is 16.1 Å². The molecule has 102 valence electrons. The minimum absolute atomic E-state index is 0.192. The van der Waals surface area contributed by atoms with Crippen LogP contribution in [-0.4, -0.2) is 23.0 Å². The molecular weight excluding hydrogens is 310 g/mol. The monoisotopic (exact) mass is 325 g/mol. The topological polar surface area (TPSA) is 66.4 Å². The number of rotatable bonds is 3. The minimum atomic E-state index is -0.824. The molecule has 0 radical (unpaired) electrons. The van der Waals surface area contributed by atoms with Gasteiger partial charge in [-0.3, -0.25) is 9.59 Å². The van der Waals surface area contributed by atoms with Crippen LogP contribution in [0.5, 0.6) is 0 Å². The highest BCUT2D eigenvalue weighted by Gasteiger charge is 2.34. The largest absolute Gasteiger partial charge is 0.481 e. The van der Waals surface area contributed by atoms with Gasteiger partial charge in [-0.15, -0.1) is 0 Å². The maximum absolute atomic E-state index is 12.2. The highest BCUT2D eigenvalue weighted by atomic mass is 79.9. The molecule has 5 heteroatoms. The Morgan fingerprint density at radius 1 is 1.37 bits per heavy atom. The van der Waals surface area contributed by atoms with Gasteiger partial charge in [0.05, 0.1) is 5.92 Å². The molecule has 0 aromatic heterocycles. The molecule has 0 saturated heterocycles.